The molecule has 10 heteroatoms. The summed E-state index contributed by atoms with van der Waals surface area (Å²) in [6.45, 7) is -0.243. The first-order valence-corrected chi connectivity index (χ1v) is 9.86. The zero-order chi connectivity index (χ0) is 21.2. The van der Waals surface area contributed by atoms with Crippen LogP contribution in [0.3, 0.4) is 0 Å². The molecule has 29 heavy (non-hydrogen) atoms. The number of anilines is 1. The lowest BCUT2D eigenvalue weighted by atomic mass is 9.98. The van der Waals surface area contributed by atoms with Gasteiger partial charge in [0, 0.05) is 28.7 Å². The van der Waals surface area contributed by atoms with Crippen molar-refractivity contribution in [2.75, 3.05) is 11.9 Å². The third-order valence-electron chi connectivity index (χ3n) is 4.54. The second kappa shape index (κ2) is 8.64. The number of nitrogens with one attached hydrogen (secondary N) is 1. The number of halogens is 4. The predicted molar refractivity (Wildman–Crippen MR) is 105 cm³/mol. The van der Waals surface area contributed by atoms with Crippen molar-refractivity contribution in [3.8, 4) is 0 Å². The van der Waals surface area contributed by atoms with Crippen molar-refractivity contribution in [3.05, 3.63) is 58.1 Å². The van der Waals surface area contributed by atoms with Crippen LogP contribution in [0.1, 0.15) is 16.7 Å². The van der Waals surface area contributed by atoms with E-state index in [9.17, 15) is 22.8 Å². The molecular weight excluding hydrogens is 427 g/mol. The van der Waals surface area contributed by atoms with Gasteiger partial charge in [0.1, 0.15) is 0 Å². The van der Waals surface area contributed by atoms with E-state index in [0.29, 0.717) is 26.7 Å². The Labute approximate surface area is 174 Å². The molecule has 154 valence electrons. The van der Waals surface area contributed by atoms with Crippen LogP contribution >= 0.6 is 23.5 Å². The zero-order valence-electron chi connectivity index (χ0n) is 15.1. The lowest BCUT2D eigenvalue weighted by Crippen LogP contribution is -2.43. The largest absolute Gasteiger partial charge is 0.471 e. The maximum atomic E-state index is 12.8. The van der Waals surface area contributed by atoms with Gasteiger partial charge < -0.3 is 10.2 Å². The summed E-state index contributed by atoms with van der Waals surface area (Å²) in [6, 6.07) is 10.2. The Balaban J connectivity index is 1.80. The third-order valence-corrected chi connectivity index (χ3v) is 5.53. The molecule has 3 N–H and O–H groups in total. The number of hydrogen-bond donors (Lipinski definition) is 2. The highest BCUT2D eigenvalue weighted by molar-refractivity contribution is 7.97. The number of nitrogens with zero attached hydrogens (tertiary/aromatic N) is 1. The van der Waals surface area contributed by atoms with Gasteiger partial charge >= 0.3 is 12.1 Å². The monoisotopic (exact) mass is 443 g/mol. The van der Waals surface area contributed by atoms with Gasteiger partial charge in [-0.1, -0.05) is 29.8 Å². The highest BCUT2D eigenvalue weighted by atomic mass is 35.5. The summed E-state index contributed by atoms with van der Waals surface area (Å²) in [5, 5.41) is 8.90. The average Bonchev–Trinajstić information content (AvgIpc) is 2.67. The van der Waals surface area contributed by atoms with Crippen LogP contribution in [0.2, 0.25) is 5.02 Å². The Morgan fingerprint density at radius 2 is 1.97 bits per heavy atom. The predicted octanol–water partition coefficient (Wildman–Crippen LogP) is 3.93. The van der Waals surface area contributed by atoms with Gasteiger partial charge in [0.05, 0.1) is 6.42 Å². The maximum Gasteiger partial charge on any atom is 0.471 e. The second-order valence-corrected chi connectivity index (χ2v) is 7.60. The number of carbonyl (C=O) groups excluding carboxylic acids is 2. The van der Waals surface area contributed by atoms with E-state index in [1.54, 1.807) is 36.4 Å². The number of hydrogen-bond acceptors (Lipinski definition) is 4. The quantitative estimate of drug-likeness (QED) is 0.702. The maximum absolute atomic E-state index is 12.8. The summed E-state index contributed by atoms with van der Waals surface area (Å²) >= 11 is 7.02. The molecule has 0 bridgehead atoms. The van der Waals surface area contributed by atoms with Crippen LogP contribution in [0.25, 0.3) is 0 Å². The highest BCUT2D eigenvalue weighted by Gasteiger charge is 2.43. The van der Waals surface area contributed by atoms with Crippen LogP contribution in [0.4, 0.5) is 18.9 Å². The summed E-state index contributed by atoms with van der Waals surface area (Å²) in [5.74, 6) is -2.21. The minimum absolute atomic E-state index is 0.0422. The molecule has 2 aromatic rings. The van der Waals surface area contributed by atoms with E-state index >= 15 is 0 Å². The first-order chi connectivity index (χ1) is 13.7. The molecule has 0 fully saturated rings. The van der Waals surface area contributed by atoms with Gasteiger partial charge in [0.15, 0.2) is 0 Å². The van der Waals surface area contributed by atoms with Gasteiger partial charge in [-0.25, -0.2) is 0 Å². The Morgan fingerprint density at radius 1 is 1.24 bits per heavy atom. The van der Waals surface area contributed by atoms with Crippen molar-refractivity contribution in [2.45, 2.75) is 30.5 Å². The topological polar surface area (TPSA) is 75.4 Å². The van der Waals surface area contributed by atoms with Crippen molar-refractivity contribution in [2.24, 2.45) is 5.14 Å². The van der Waals surface area contributed by atoms with E-state index < -0.39 is 12.1 Å². The van der Waals surface area contributed by atoms with E-state index in [-0.39, 0.29) is 31.8 Å². The first-order valence-electron chi connectivity index (χ1n) is 8.61. The molecule has 0 saturated carbocycles. The van der Waals surface area contributed by atoms with Crippen molar-refractivity contribution < 1.29 is 22.8 Å². The number of benzene rings is 2. The van der Waals surface area contributed by atoms with Gasteiger partial charge in [-0.2, -0.15) is 13.2 Å². The van der Waals surface area contributed by atoms with E-state index in [1.165, 1.54) is 0 Å². The molecule has 0 radical (unpaired) electrons. The van der Waals surface area contributed by atoms with Crippen molar-refractivity contribution in [1.82, 2.24) is 4.90 Å². The van der Waals surface area contributed by atoms with Gasteiger partial charge in [0.25, 0.3) is 0 Å². The second-order valence-electron chi connectivity index (χ2n) is 6.52. The summed E-state index contributed by atoms with van der Waals surface area (Å²) < 4.78 is 38.3. The molecule has 0 aromatic heterocycles. The highest BCUT2D eigenvalue weighted by Crippen LogP contribution is 2.32. The molecular formula is C19H17ClF3N3O2S. The van der Waals surface area contributed by atoms with Crippen LogP contribution in [-0.2, 0) is 29.0 Å². The molecule has 5 nitrogen and oxygen atoms in total. The Morgan fingerprint density at radius 3 is 2.62 bits per heavy atom. The fourth-order valence-corrected chi connectivity index (χ4v) is 3.98. The minimum atomic E-state index is -4.93. The van der Waals surface area contributed by atoms with Gasteiger partial charge in [-0.3, -0.25) is 14.7 Å². The molecule has 2 aromatic carbocycles. The summed E-state index contributed by atoms with van der Waals surface area (Å²) in [5.41, 5.74) is 2.36. The lowest BCUT2D eigenvalue weighted by Gasteiger charge is -2.30. The molecule has 1 heterocycles. The smallest absolute Gasteiger partial charge is 0.330 e. The SMILES string of the molecule is NSc1cc(NC(=O)Cc2ccccc2Cl)cc2c1CCN(C(=O)C(F)(F)F)C2. The van der Waals surface area contributed by atoms with Crippen LogP contribution in [0.5, 0.6) is 0 Å². The molecule has 1 aliphatic heterocycles. The Hall–Kier alpha value is -2.23. The number of alkyl halides is 3. The Kier molecular flexibility index (Phi) is 6.40. The summed E-state index contributed by atoms with van der Waals surface area (Å²) in [7, 11) is 0. The molecule has 0 atom stereocenters. The zero-order valence-corrected chi connectivity index (χ0v) is 16.6. The summed E-state index contributed by atoms with van der Waals surface area (Å²) in [6.07, 6.45) is -4.63. The minimum Gasteiger partial charge on any atom is -0.330 e. The van der Waals surface area contributed by atoms with Gasteiger partial charge in [0.2, 0.25) is 5.91 Å². The van der Waals surface area contributed by atoms with E-state index in [4.69, 9.17) is 16.7 Å². The van der Waals surface area contributed by atoms with Gasteiger partial charge in [-0.15, -0.1) is 0 Å². The fraction of sp³-hybridized carbons (Fsp3) is 0.263. The molecule has 0 saturated heterocycles. The molecule has 0 aliphatic carbocycles. The molecule has 3 rings (SSSR count). The van der Waals surface area contributed by atoms with Crippen LogP contribution < -0.4 is 10.5 Å². The molecule has 1 aliphatic rings. The molecule has 0 unspecified atom stereocenters. The van der Waals surface area contributed by atoms with Crippen LogP contribution in [-0.4, -0.2) is 29.4 Å². The van der Waals surface area contributed by atoms with E-state index in [2.05, 4.69) is 5.32 Å². The van der Waals surface area contributed by atoms with Crippen LogP contribution in [0, 0.1) is 0 Å². The standard InChI is InChI=1S/C19H17ClF3N3O2S/c20-15-4-2-1-3-11(15)8-17(27)25-13-7-12-10-26(18(28)19(21,22)23)6-5-14(12)16(9-13)29-24/h1-4,7,9H,5-6,8,10,24H2,(H,25,27). The fourth-order valence-electron chi connectivity index (χ4n) is 3.21. The Bertz CT molecular complexity index is 953. The number of carbonyl (C=O) groups is 2. The number of rotatable bonds is 4. The van der Waals surface area contributed by atoms with Crippen molar-refractivity contribution in [1.29, 1.82) is 0 Å². The van der Waals surface area contributed by atoms with Crippen molar-refractivity contribution >= 4 is 41.1 Å². The number of nitrogens with two attached hydrogens (primary N) is 1. The van der Waals surface area contributed by atoms with Gasteiger partial charge in [-0.05, 0) is 53.3 Å². The first kappa shape index (κ1) is 21.5. The van der Waals surface area contributed by atoms with E-state index in [0.717, 1.165) is 22.4 Å². The third kappa shape index (κ3) is 5.04. The summed E-state index contributed by atoms with van der Waals surface area (Å²) in [4.78, 5) is 25.4. The van der Waals surface area contributed by atoms with E-state index in [1.807, 2.05) is 0 Å². The molecule has 2 amide bonds. The van der Waals surface area contributed by atoms with Crippen LogP contribution in [0.15, 0.2) is 41.3 Å². The average molecular weight is 444 g/mol. The number of amides is 2. The number of fused-ring (bicyclic) bond motifs is 1. The normalized spacial score (nSPS) is 13.8. The van der Waals surface area contributed by atoms with Crippen molar-refractivity contribution in [3.63, 3.8) is 0 Å². The molecule has 0 spiro atoms. The lowest BCUT2D eigenvalue weighted by molar-refractivity contribution is -0.186.